The van der Waals surface area contributed by atoms with Gasteiger partial charge in [-0.2, -0.15) is 0 Å². The van der Waals surface area contributed by atoms with Crippen LogP contribution in [0.2, 0.25) is 0 Å². The maximum Gasteiger partial charge on any atom is 0.119 e. The first-order valence-electron chi connectivity index (χ1n) is 6.26. The molecule has 2 aromatic rings. The van der Waals surface area contributed by atoms with Crippen LogP contribution >= 0.6 is 0 Å². The Labute approximate surface area is 112 Å². The summed E-state index contributed by atoms with van der Waals surface area (Å²) in [5.74, 6) is 1.62. The van der Waals surface area contributed by atoms with E-state index in [9.17, 15) is 5.11 Å². The number of imidazole rings is 1. The minimum absolute atomic E-state index is 0.250. The van der Waals surface area contributed by atoms with Gasteiger partial charge in [0.25, 0.3) is 0 Å². The molecule has 1 aromatic carbocycles. The van der Waals surface area contributed by atoms with Gasteiger partial charge in [-0.3, -0.25) is 0 Å². The van der Waals surface area contributed by atoms with Gasteiger partial charge in [0, 0.05) is 18.9 Å². The van der Waals surface area contributed by atoms with Crippen molar-refractivity contribution in [3.8, 4) is 5.75 Å². The molecule has 0 aliphatic carbocycles. The monoisotopic (exact) mass is 261 g/mol. The summed E-state index contributed by atoms with van der Waals surface area (Å²) < 4.78 is 7.43. The molecular weight excluding hydrogens is 242 g/mol. The van der Waals surface area contributed by atoms with Crippen molar-refractivity contribution in [2.45, 2.75) is 26.1 Å². The molecule has 0 amide bonds. The summed E-state index contributed by atoms with van der Waals surface area (Å²) in [6, 6.07) is 7.55. The van der Waals surface area contributed by atoms with E-state index < -0.39 is 6.10 Å². The minimum Gasteiger partial charge on any atom is -0.491 e. The van der Waals surface area contributed by atoms with Crippen LogP contribution in [0.5, 0.6) is 5.75 Å². The molecule has 2 rings (SSSR count). The average molecular weight is 261 g/mol. The predicted molar refractivity (Wildman–Crippen MR) is 72.8 cm³/mol. The zero-order valence-corrected chi connectivity index (χ0v) is 11.0. The van der Waals surface area contributed by atoms with Gasteiger partial charge in [-0.1, -0.05) is 12.1 Å². The zero-order valence-electron chi connectivity index (χ0n) is 11.0. The topological polar surface area (TPSA) is 73.3 Å². The summed E-state index contributed by atoms with van der Waals surface area (Å²) in [4.78, 5) is 4.11. The second-order valence-electron chi connectivity index (χ2n) is 4.44. The molecule has 102 valence electrons. The lowest BCUT2D eigenvalue weighted by atomic mass is 10.2. The van der Waals surface area contributed by atoms with Gasteiger partial charge in [0.15, 0.2) is 0 Å². The number of aromatic nitrogens is 2. The Hall–Kier alpha value is -1.85. The normalized spacial score (nSPS) is 12.4. The van der Waals surface area contributed by atoms with Gasteiger partial charge in [-0.25, -0.2) is 4.98 Å². The molecule has 0 aliphatic heterocycles. The highest BCUT2D eigenvalue weighted by Gasteiger charge is 2.08. The molecule has 0 saturated carbocycles. The zero-order chi connectivity index (χ0) is 13.7. The van der Waals surface area contributed by atoms with Crippen molar-refractivity contribution >= 4 is 0 Å². The van der Waals surface area contributed by atoms with E-state index in [1.165, 1.54) is 0 Å². The fraction of sp³-hybridized carbons (Fsp3) is 0.357. The number of aliphatic hydroxyl groups excluding tert-OH is 1. The number of hydrogen-bond acceptors (Lipinski definition) is 4. The SMILES string of the molecule is Cc1nccn1CC(O)COc1ccc(CN)cc1. The number of ether oxygens (including phenoxy) is 1. The molecule has 0 bridgehead atoms. The Morgan fingerprint density at radius 1 is 1.37 bits per heavy atom. The molecule has 1 heterocycles. The Morgan fingerprint density at radius 3 is 2.68 bits per heavy atom. The van der Waals surface area contributed by atoms with Crippen LogP contribution in [0.15, 0.2) is 36.7 Å². The Morgan fingerprint density at radius 2 is 2.11 bits per heavy atom. The molecule has 0 aliphatic rings. The van der Waals surface area contributed by atoms with Crippen molar-refractivity contribution in [2.75, 3.05) is 6.61 Å². The average Bonchev–Trinajstić information content (AvgIpc) is 2.82. The molecule has 0 saturated heterocycles. The highest BCUT2D eigenvalue weighted by molar-refractivity contribution is 5.27. The standard InChI is InChI=1S/C14H19N3O2/c1-11-16-6-7-17(11)9-13(18)10-19-14-4-2-12(8-15)3-5-14/h2-7,13,18H,8-10,15H2,1H3. The number of hydrogen-bond donors (Lipinski definition) is 2. The maximum atomic E-state index is 9.91. The third kappa shape index (κ3) is 3.81. The Kier molecular flexibility index (Phi) is 4.54. The predicted octanol–water partition coefficient (Wildman–Crippen LogP) is 1.09. The number of rotatable bonds is 6. The third-order valence-corrected chi connectivity index (χ3v) is 2.93. The van der Waals surface area contributed by atoms with Crippen LogP contribution in [0.25, 0.3) is 0 Å². The number of nitrogens with zero attached hydrogens (tertiary/aromatic N) is 2. The summed E-state index contributed by atoms with van der Waals surface area (Å²) in [5, 5.41) is 9.91. The van der Waals surface area contributed by atoms with Gasteiger partial charge in [0.1, 0.15) is 24.3 Å². The van der Waals surface area contributed by atoms with Crippen LogP contribution in [0.1, 0.15) is 11.4 Å². The van der Waals surface area contributed by atoms with E-state index in [2.05, 4.69) is 4.98 Å². The van der Waals surface area contributed by atoms with E-state index in [4.69, 9.17) is 10.5 Å². The van der Waals surface area contributed by atoms with E-state index in [0.29, 0.717) is 13.1 Å². The summed E-state index contributed by atoms with van der Waals surface area (Å²) in [6.07, 6.45) is 2.99. The molecule has 5 heteroatoms. The summed E-state index contributed by atoms with van der Waals surface area (Å²) in [6.45, 7) is 3.15. The third-order valence-electron chi connectivity index (χ3n) is 2.93. The molecule has 5 nitrogen and oxygen atoms in total. The van der Waals surface area contributed by atoms with E-state index in [1.807, 2.05) is 42.0 Å². The van der Waals surface area contributed by atoms with Crippen LogP contribution in [-0.2, 0) is 13.1 Å². The number of benzene rings is 1. The summed E-state index contributed by atoms with van der Waals surface area (Å²) in [5.41, 5.74) is 6.58. The van der Waals surface area contributed by atoms with Crippen molar-refractivity contribution in [1.82, 2.24) is 9.55 Å². The highest BCUT2D eigenvalue weighted by Crippen LogP contribution is 2.12. The summed E-state index contributed by atoms with van der Waals surface area (Å²) >= 11 is 0. The van der Waals surface area contributed by atoms with Crippen molar-refractivity contribution in [3.63, 3.8) is 0 Å². The van der Waals surface area contributed by atoms with E-state index in [1.54, 1.807) is 6.20 Å². The molecule has 3 N–H and O–H groups in total. The smallest absolute Gasteiger partial charge is 0.119 e. The molecule has 0 radical (unpaired) electrons. The van der Waals surface area contributed by atoms with Crippen molar-refractivity contribution < 1.29 is 9.84 Å². The van der Waals surface area contributed by atoms with E-state index in [0.717, 1.165) is 17.1 Å². The van der Waals surface area contributed by atoms with Crippen molar-refractivity contribution in [3.05, 3.63) is 48.0 Å². The fourth-order valence-corrected chi connectivity index (χ4v) is 1.79. The Balaban J connectivity index is 1.82. The quantitative estimate of drug-likeness (QED) is 0.816. The van der Waals surface area contributed by atoms with Crippen LogP contribution in [0.4, 0.5) is 0 Å². The van der Waals surface area contributed by atoms with Crippen LogP contribution in [-0.4, -0.2) is 27.4 Å². The molecule has 0 fully saturated rings. The molecule has 1 unspecified atom stereocenters. The van der Waals surface area contributed by atoms with Gasteiger partial charge in [-0.05, 0) is 24.6 Å². The molecule has 1 aromatic heterocycles. The second kappa shape index (κ2) is 6.36. The van der Waals surface area contributed by atoms with Gasteiger partial charge >= 0.3 is 0 Å². The van der Waals surface area contributed by atoms with Crippen LogP contribution in [0, 0.1) is 6.92 Å². The first-order valence-corrected chi connectivity index (χ1v) is 6.26. The van der Waals surface area contributed by atoms with Gasteiger partial charge in [0.05, 0.1) is 6.54 Å². The van der Waals surface area contributed by atoms with E-state index in [-0.39, 0.29) is 6.61 Å². The first-order chi connectivity index (χ1) is 9.19. The molecule has 19 heavy (non-hydrogen) atoms. The second-order valence-corrected chi connectivity index (χ2v) is 4.44. The lowest BCUT2D eigenvalue weighted by Crippen LogP contribution is -2.23. The fourth-order valence-electron chi connectivity index (χ4n) is 1.79. The minimum atomic E-state index is -0.568. The number of aryl methyl sites for hydroxylation is 1. The highest BCUT2D eigenvalue weighted by atomic mass is 16.5. The Bertz CT molecular complexity index is 508. The molecule has 0 spiro atoms. The lowest BCUT2D eigenvalue weighted by Gasteiger charge is -2.14. The van der Waals surface area contributed by atoms with Crippen LogP contribution < -0.4 is 10.5 Å². The number of aliphatic hydroxyl groups is 1. The lowest BCUT2D eigenvalue weighted by molar-refractivity contribution is 0.0919. The van der Waals surface area contributed by atoms with Gasteiger partial charge in [-0.15, -0.1) is 0 Å². The first kappa shape index (κ1) is 13.6. The van der Waals surface area contributed by atoms with Crippen molar-refractivity contribution in [1.29, 1.82) is 0 Å². The van der Waals surface area contributed by atoms with E-state index >= 15 is 0 Å². The largest absolute Gasteiger partial charge is 0.491 e. The maximum absolute atomic E-state index is 9.91. The number of nitrogens with two attached hydrogens (primary N) is 1. The molecule has 1 atom stereocenters. The van der Waals surface area contributed by atoms with Crippen LogP contribution in [0.3, 0.4) is 0 Å². The molecular formula is C14H19N3O2. The van der Waals surface area contributed by atoms with Gasteiger partial charge in [0.2, 0.25) is 0 Å². The van der Waals surface area contributed by atoms with Crippen molar-refractivity contribution in [2.24, 2.45) is 5.73 Å². The van der Waals surface area contributed by atoms with Gasteiger partial charge < -0.3 is 20.1 Å². The summed E-state index contributed by atoms with van der Waals surface area (Å²) in [7, 11) is 0.